The van der Waals surface area contributed by atoms with Crippen molar-refractivity contribution in [1.82, 2.24) is 0 Å². The minimum atomic E-state index is -0.826. The van der Waals surface area contributed by atoms with Gasteiger partial charge in [-0.1, -0.05) is 153 Å². The Morgan fingerprint density at radius 1 is 0.558 bits per heavy atom. The first kappa shape index (κ1) is 44.2. The fourth-order valence-electron chi connectivity index (χ4n) is 6.82. The summed E-state index contributed by atoms with van der Waals surface area (Å²) in [5.41, 5.74) is 14.4. The van der Waals surface area contributed by atoms with Gasteiger partial charge in [0.1, 0.15) is 0 Å². The zero-order valence-electron chi connectivity index (χ0n) is 34.1. The topological polar surface area (TPSA) is 0 Å². The van der Waals surface area contributed by atoms with Crippen molar-refractivity contribution in [3.63, 3.8) is 0 Å². The Morgan fingerprint density at radius 2 is 0.865 bits per heavy atom. The van der Waals surface area contributed by atoms with Crippen molar-refractivity contribution in [2.24, 2.45) is 0 Å². The molecule has 0 aliphatic rings. The van der Waals surface area contributed by atoms with Crippen LogP contribution in [0.15, 0.2) is 97.1 Å². The van der Waals surface area contributed by atoms with Gasteiger partial charge in [0.2, 0.25) is 0 Å². The van der Waals surface area contributed by atoms with Gasteiger partial charge in [-0.2, -0.15) is 12.1 Å². The third-order valence-corrected chi connectivity index (χ3v) is 9.63. The number of hydrogen-bond acceptors (Lipinski definition) is 0. The summed E-state index contributed by atoms with van der Waals surface area (Å²) in [6.45, 7) is 31.6. The zero-order chi connectivity index (χ0) is 39.0. The summed E-state index contributed by atoms with van der Waals surface area (Å²) >= 11 is -0.826. The van der Waals surface area contributed by atoms with E-state index in [4.69, 9.17) is 17.0 Å². The molecule has 0 bridgehead atoms. The van der Waals surface area contributed by atoms with Crippen LogP contribution in [0, 0.1) is 13.8 Å². The number of rotatable bonds is 4. The SMILES string of the molecule is C[Si]C.Cc1ccc2[cH-]c(C(C)(C)C)cc2c1-c1ccccc1C(C)C.Cc1ccc2[cH-]c(C(C)(C)C)cc2c1-c1ccccc1C(C)C.[Cl][Zr+2][Cl]. The number of benzene rings is 4. The molecule has 0 spiro atoms. The summed E-state index contributed by atoms with van der Waals surface area (Å²) in [4.78, 5) is 0. The van der Waals surface area contributed by atoms with Crippen LogP contribution in [0.25, 0.3) is 43.8 Å². The van der Waals surface area contributed by atoms with Crippen LogP contribution in [-0.2, 0) is 31.7 Å². The molecule has 0 aliphatic carbocycles. The van der Waals surface area contributed by atoms with Crippen LogP contribution >= 0.6 is 17.0 Å². The standard InChI is InChI=1S/2C23H27.C2H6Si.2ClH.Zr/c2*1-15(2)19-9-7-8-10-20(19)22-16(3)11-12-17-13-18(14-21(17)22)23(4,5)6;1-3-2;;;/h2*7-15H,1-6H3;1-2H3;2*1H;/q2*-1;;;;+4/p-2. The second kappa shape index (κ2) is 19.4. The van der Waals surface area contributed by atoms with Crippen molar-refractivity contribution in [2.75, 3.05) is 0 Å². The summed E-state index contributed by atoms with van der Waals surface area (Å²) in [5.74, 6) is 1.05. The second-order valence-electron chi connectivity index (χ2n) is 16.6. The molecule has 52 heavy (non-hydrogen) atoms. The van der Waals surface area contributed by atoms with E-state index in [1.165, 1.54) is 77.2 Å². The molecule has 6 rings (SSSR count). The number of halogens is 2. The summed E-state index contributed by atoms with van der Waals surface area (Å²) < 4.78 is 0. The molecule has 0 nitrogen and oxygen atoms in total. The minimum absolute atomic E-state index is 0.182. The molecule has 0 N–H and O–H groups in total. The van der Waals surface area contributed by atoms with Crippen molar-refractivity contribution < 1.29 is 20.8 Å². The van der Waals surface area contributed by atoms with Crippen LogP contribution in [0.4, 0.5) is 0 Å². The molecule has 0 amide bonds. The molecule has 6 aromatic carbocycles. The van der Waals surface area contributed by atoms with E-state index in [0.717, 1.165) is 9.52 Å². The van der Waals surface area contributed by atoms with Gasteiger partial charge in [0.25, 0.3) is 0 Å². The first-order valence-electron chi connectivity index (χ1n) is 18.6. The number of fused-ring (bicyclic) bond motifs is 2. The molecule has 6 aromatic rings. The van der Waals surface area contributed by atoms with E-state index >= 15 is 0 Å². The van der Waals surface area contributed by atoms with Crippen LogP contribution in [0.5, 0.6) is 0 Å². The van der Waals surface area contributed by atoms with E-state index in [9.17, 15) is 0 Å². The van der Waals surface area contributed by atoms with Crippen LogP contribution in [0.3, 0.4) is 0 Å². The molecule has 0 heterocycles. The van der Waals surface area contributed by atoms with Gasteiger partial charge >= 0.3 is 37.9 Å². The molecule has 0 saturated carbocycles. The molecule has 4 heteroatoms. The van der Waals surface area contributed by atoms with Gasteiger partial charge in [-0.3, -0.25) is 0 Å². The van der Waals surface area contributed by atoms with Gasteiger partial charge in [0.05, 0.1) is 0 Å². The van der Waals surface area contributed by atoms with Crippen LogP contribution in [0.1, 0.15) is 114 Å². The van der Waals surface area contributed by atoms with E-state index in [2.05, 4.69) is 193 Å². The quantitative estimate of drug-likeness (QED) is 0.123. The van der Waals surface area contributed by atoms with E-state index in [1.54, 1.807) is 0 Å². The normalized spacial score (nSPS) is 11.4. The third kappa shape index (κ3) is 10.9. The Kier molecular flexibility index (Phi) is 16.5. The Hall–Kier alpha value is -2.22. The molecular formula is C48H60Cl2SiZr. The molecule has 0 unspecified atom stereocenters. The van der Waals surface area contributed by atoms with Gasteiger partial charge in [-0.25, -0.2) is 0 Å². The average Bonchev–Trinajstić information content (AvgIpc) is 3.71. The molecule has 0 aromatic heterocycles. The van der Waals surface area contributed by atoms with E-state index in [0.29, 0.717) is 11.8 Å². The van der Waals surface area contributed by atoms with Crippen molar-refractivity contribution in [3.05, 3.63) is 130 Å². The zero-order valence-corrected chi connectivity index (χ0v) is 39.1. The average molecular weight is 827 g/mol. The monoisotopic (exact) mass is 824 g/mol. The van der Waals surface area contributed by atoms with E-state index in [-0.39, 0.29) is 10.8 Å². The fourth-order valence-corrected chi connectivity index (χ4v) is 6.82. The van der Waals surface area contributed by atoms with Crippen LogP contribution < -0.4 is 0 Å². The van der Waals surface area contributed by atoms with Crippen LogP contribution in [-0.4, -0.2) is 9.52 Å². The first-order chi connectivity index (χ1) is 24.4. The van der Waals surface area contributed by atoms with E-state index in [1.807, 2.05) is 0 Å². The Morgan fingerprint density at radius 3 is 1.15 bits per heavy atom. The van der Waals surface area contributed by atoms with Gasteiger partial charge < -0.3 is 0 Å². The van der Waals surface area contributed by atoms with Gasteiger partial charge in [0.15, 0.2) is 0 Å². The maximum atomic E-state index is 4.93. The first-order valence-corrected chi connectivity index (χ1v) is 26.9. The van der Waals surface area contributed by atoms with Crippen molar-refractivity contribution >= 4 is 48.1 Å². The Labute approximate surface area is 338 Å². The van der Waals surface area contributed by atoms with Crippen molar-refractivity contribution in [3.8, 4) is 22.3 Å². The predicted octanol–water partition coefficient (Wildman–Crippen LogP) is 16.1. The fraction of sp³-hybridized carbons (Fsp3) is 0.375. The number of hydrogen-bond donors (Lipinski definition) is 0. The molecule has 0 atom stereocenters. The predicted molar refractivity (Wildman–Crippen MR) is 234 cm³/mol. The third-order valence-electron chi connectivity index (χ3n) is 9.63. The maximum absolute atomic E-state index is 4.93. The summed E-state index contributed by atoms with van der Waals surface area (Å²) in [6, 6.07) is 36.3. The number of aryl methyl sites for hydroxylation is 2. The van der Waals surface area contributed by atoms with Gasteiger partial charge in [-0.15, -0.1) is 69.1 Å². The van der Waals surface area contributed by atoms with Gasteiger partial charge in [-0.05, 0) is 58.8 Å². The molecule has 0 fully saturated rings. The van der Waals surface area contributed by atoms with Crippen molar-refractivity contribution in [1.29, 1.82) is 0 Å². The molecule has 0 saturated heterocycles. The molecule has 274 valence electrons. The van der Waals surface area contributed by atoms with Gasteiger partial charge in [0, 0.05) is 9.52 Å². The summed E-state index contributed by atoms with van der Waals surface area (Å²) in [6.07, 6.45) is 0. The second-order valence-corrected chi connectivity index (χ2v) is 21.3. The Balaban J connectivity index is 0.000000244. The molecular weight excluding hydrogens is 767 g/mol. The van der Waals surface area contributed by atoms with Crippen LogP contribution in [0.2, 0.25) is 13.1 Å². The van der Waals surface area contributed by atoms with Crippen molar-refractivity contribution in [2.45, 2.75) is 119 Å². The summed E-state index contributed by atoms with van der Waals surface area (Å²) in [7, 11) is 11.0. The summed E-state index contributed by atoms with van der Waals surface area (Å²) in [5, 5.41) is 5.49. The molecule has 2 radical (unpaired) electrons. The molecule has 0 aliphatic heterocycles. The van der Waals surface area contributed by atoms with E-state index < -0.39 is 20.8 Å². The Bertz CT molecular complexity index is 1880.